The summed E-state index contributed by atoms with van der Waals surface area (Å²) >= 11 is 0. The Kier molecular flexibility index (Phi) is 2.70. The van der Waals surface area contributed by atoms with Crippen LogP contribution in [0, 0.1) is 36.0 Å². The summed E-state index contributed by atoms with van der Waals surface area (Å²) in [4.78, 5) is 11.0. The summed E-state index contributed by atoms with van der Waals surface area (Å²) in [6, 6.07) is 7.51. The number of hydrogen-bond acceptors (Lipinski definition) is 1. The quantitative estimate of drug-likeness (QED) is 0.838. The molecule has 4 saturated carbocycles. The largest absolute Gasteiger partial charge is 0.478 e. The van der Waals surface area contributed by atoms with Gasteiger partial charge in [-0.1, -0.05) is 12.1 Å². The van der Waals surface area contributed by atoms with E-state index >= 15 is 0 Å². The molecule has 1 N–H and O–H groups in total. The van der Waals surface area contributed by atoms with Crippen molar-refractivity contribution in [2.75, 3.05) is 0 Å². The van der Waals surface area contributed by atoms with Crippen molar-refractivity contribution in [2.45, 2.75) is 37.5 Å². The van der Waals surface area contributed by atoms with Crippen LogP contribution in [0.5, 0.6) is 0 Å². The Labute approximate surface area is 125 Å². The predicted octanol–water partition coefficient (Wildman–Crippen LogP) is 3.71. The normalized spacial score (nSPS) is 40.0. The molecule has 108 valence electrons. The summed E-state index contributed by atoms with van der Waals surface area (Å²) in [5.41, 5.74) is 1.75. The van der Waals surface area contributed by atoms with Gasteiger partial charge in [-0.3, -0.25) is 0 Å². The van der Waals surface area contributed by atoms with Crippen molar-refractivity contribution >= 4 is 5.97 Å². The molecule has 0 heterocycles. The van der Waals surface area contributed by atoms with Gasteiger partial charge >= 0.3 is 5.97 Å². The molecular formula is C19H20O2. The van der Waals surface area contributed by atoms with Gasteiger partial charge in [-0.25, -0.2) is 4.79 Å². The van der Waals surface area contributed by atoms with Crippen molar-refractivity contribution in [3.63, 3.8) is 0 Å². The maximum atomic E-state index is 11.0. The van der Waals surface area contributed by atoms with Crippen LogP contribution >= 0.6 is 0 Å². The molecule has 4 aliphatic carbocycles. The van der Waals surface area contributed by atoms with Gasteiger partial charge in [0.15, 0.2) is 0 Å². The zero-order valence-corrected chi connectivity index (χ0v) is 12.1. The fourth-order valence-electron chi connectivity index (χ4n) is 5.70. The van der Waals surface area contributed by atoms with E-state index in [1.54, 1.807) is 12.1 Å². The average molecular weight is 280 g/mol. The molecule has 5 rings (SSSR count). The van der Waals surface area contributed by atoms with Gasteiger partial charge in [0.25, 0.3) is 0 Å². The van der Waals surface area contributed by atoms with Gasteiger partial charge in [0.2, 0.25) is 0 Å². The molecule has 0 spiro atoms. The van der Waals surface area contributed by atoms with Crippen LogP contribution in [0.25, 0.3) is 0 Å². The molecule has 0 amide bonds. The molecular weight excluding hydrogens is 260 g/mol. The van der Waals surface area contributed by atoms with Gasteiger partial charge < -0.3 is 5.11 Å². The van der Waals surface area contributed by atoms with Crippen molar-refractivity contribution in [3.8, 4) is 12.3 Å². The number of rotatable bonds is 2. The van der Waals surface area contributed by atoms with E-state index in [0.29, 0.717) is 17.4 Å². The Morgan fingerprint density at radius 1 is 1.14 bits per heavy atom. The third-order valence-electron chi connectivity index (χ3n) is 6.20. The highest BCUT2D eigenvalue weighted by Crippen LogP contribution is 2.63. The SMILES string of the molecule is C#CC1C2CC3CC(C2)CC1(c1ccc(C(=O)O)cc1)C3. The molecule has 3 atom stereocenters. The van der Waals surface area contributed by atoms with E-state index in [9.17, 15) is 4.79 Å². The van der Waals surface area contributed by atoms with Crippen LogP contribution in [0.15, 0.2) is 24.3 Å². The molecule has 4 bridgehead atoms. The summed E-state index contributed by atoms with van der Waals surface area (Å²) in [6.45, 7) is 0. The van der Waals surface area contributed by atoms with Crippen LogP contribution in [-0.2, 0) is 5.41 Å². The van der Waals surface area contributed by atoms with Gasteiger partial charge in [0.05, 0.1) is 5.56 Å². The molecule has 3 unspecified atom stereocenters. The van der Waals surface area contributed by atoms with Crippen molar-refractivity contribution < 1.29 is 9.90 Å². The lowest BCUT2D eigenvalue weighted by Gasteiger charge is -2.60. The van der Waals surface area contributed by atoms with Gasteiger partial charge in [-0.05, 0) is 67.6 Å². The Morgan fingerprint density at radius 2 is 1.76 bits per heavy atom. The van der Waals surface area contributed by atoms with Gasteiger partial charge in [-0.2, -0.15) is 0 Å². The lowest BCUT2D eigenvalue weighted by Crippen LogP contribution is -2.54. The van der Waals surface area contributed by atoms with Crippen LogP contribution in [0.1, 0.15) is 48.0 Å². The molecule has 0 saturated heterocycles. The minimum absolute atomic E-state index is 0.112. The number of hydrogen-bond donors (Lipinski definition) is 1. The monoisotopic (exact) mass is 280 g/mol. The molecule has 0 aliphatic heterocycles. The van der Waals surface area contributed by atoms with Crippen LogP contribution in [0.3, 0.4) is 0 Å². The van der Waals surface area contributed by atoms with E-state index in [1.807, 2.05) is 12.1 Å². The van der Waals surface area contributed by atoms with Gasteiger partial charge in [0.1, 0.15) is 0 Å². The third kappa shape index (κ3) is 1.77. The number of carboxylic acid groups (broad SMARTS) is 1. The Hall–Kier alpha value is -1.75. The lowest BCUT2D eigenvalue weighted by atomic mass is 9.43. The summed E-state index contributed by atoms with van der Waals surface area (Å²) < 4.78 is 0. The van der Waals surface area contributed by atoms with Crippen molar-refractivity contribution in [3.05, 3.63) is 35.4 Å². The summed E-state index contributed by atoms with van der Waals surface area (Å²) in [5.74, 6) is 4.91. The predicted molar refractivity (Wildman–Crippen MR) is 81.0 cm³/mol. The fraction of sp³-hybridized carbons (Fsp3) is 0.526. The fourth-order valence-corrected chi connectivity index (χ4v) is 5.70. The topological polar surface area (TPSA) is 37.3 Å². The summed E-state index contributed by atoms with van der Waals surface area (Å²) in [5, 5.41) is 9.08. The Balaban J connectivity index is 1.77. The first-order valence-corrected chi connectivity index (χ1v) is 7.92. The van der Waals surface area contributed by atoms with Gasteiger partial charge in [-0.15, -0.1) is 12.3 Å². The summed E-state index contributed by atoms with van der Waals surface area (Å²) in [7, 11) is 0. The van der Waals surface area contributed by atoms with Crippen LogP contribution in [0.4, 0.5) is 0 Å². The molecule has 1 aromatic rings. The number of carbonyl (C=O) groups is 1. The zero-order chi connectivity index (χ0) is 14.6. The zero-order valence-electron chi connectivity index (χ0n) is 12.1. The second-order valence-electron chi connectivity index (χ2n) is 7.29. The smallest absolute Gasteiger partial charge is 0.335 e. The molecule has 2 heteroatoms. The molecule has 0 aromatic heterocycles. The highest BCUT2D eigenvalue weighted by molar-refractivity contribution is 5.87. The van der Waals surface area contributed by atoms with Gasteiger partial charge in [0, 0.05) is 11.3 Å². The maximum absolute atomic E-state index is 11.0. The number of terminal acetylenes is 1. The molecule has 4 fully saturated rings. The number of aromatic carboxylic acids is 1. The highest BCUT2D eigenvalue weighted by atomic mass is 16.4. The Morgan fingerprint density at radius 3 is 2.29 bits per heavy atom. The molecule has 2 nitrogen and oxygen atoms in total. The van der Waals surface area contributed by atoms with Crippen LogP contribution in [0.2, 0.25) is 0 Å². The van der Waals surface area contributed by atoms with E-state index in [0.717, 1.165) is 11.8 Å². The highest BCUT2D eigenvalue weighted by Gasteiger charge is 2.57. The first-order valence-electron chi connectivity index (χ1n) is 7.92. The third-order valence-corrected chi connectivity index (χ3v) is 6.20. The first kappa shape index (κ1) is 13.0. The van der Waals surface area contributed by atoms with Crippen LogP contribution in [-0.4, -0.2) is 11.1 Å². The minimum atomic E-state index is -0.861. The van der Waals surface area contributed by atoms with E-state index in [1.165, 1.54) is 37.7 Å². The van der Waals surface area contributed by atoms with Crippen molar-refractivity contribution in [1.29, 1.82) is 0 Å². The molecule has 1 aromatic carbocycles. The van der Waals surface area contributed by atoms with E-state index in [2.05, 4.69) is 5.92 Å². The van der Waals surface area contributed by atoms with Crippen molar-refractivity contribution in [2.24, 2.45) is 23.7 Å². The first-order chi connectivity index (χ1) is 10.1. The molecule has 4 aliphatic rings. The second-order valence-corrected chi connectivity index (χ2v) is 7.29. The van der Waals surface area contributed by atoms with E-state index < -0.39 is 5.97 Å². The number of benzene rings is 1. The Bertz CT molecular complexity index is 608. The van der Waals surface area contributed by atoms with Crippen molar-refractivity contribution in [1.82, 2.24) is 0 Å². The average Bonchev–Trinajstić information content (AvgIpc) is 2.46. The summed E-state index contributed by atoms with van der Waals surface area (Å²) in [6.07, 6.45) is 12.3. The van der Waals surface area contributed by atoms with E-state index in [4.69, 9.17) is 11.5 Å². The molecule has 21 heavy (non-hydrogen) atoms. The second kappa shape index (κ2) is 4.37. The molecule has 0 radical (unpaired) electrons. The van der Waals surface area contributed by atoms with Crippen LogP contribution < -0.4 is 0 Å². The minimum Gasteiger partial charge on any atom is -0.478 e. The number of carboxylic acids is 1. The van der Waals surface area contributed by atoms with E-state index in [-0.39, 0.29) is 5.41 Å². The maximum Gasteiger partial charge on any atom is 0.335 e. The lowest BCUT2D eigenvalue weighted by molar-refractivity contribution is -0.0377. The standard InChI is InChI=1S/C19H20O2/c1-2-17-15-8-12-7-13(9-15)11-19(17,10-12)16-5-3-14(4-6-16)18(20)21/h1,3-6,12-13,15,17H,7-11H2,(H,20,21).